The summed E-state index contributed by atoms with van der Waals surface area (Å²) >= 11 is 0. The fourth-order valence-corrected chi connectivity index (χ4v) is 6.14. The molecule has 0 aliphatic carbocycles. The zero-order valence-corrected chi connectivity index (χ0v) is 51.7. The van der Waals surface area contributed by atoms with Crippen molar-refractivity contribution in [1.29, 1.82) is 0 Å². The number of benzene rings is 2. The Labute approximate surface area is 480 Å². The molecule has 0 aromatic heterocycles. The molecule has 1 aliphatic heterocycles. The summed E-state index contributed by atoms with van der Waals surface area (Å²) in [7, 11) is 9.80. The smallest absolute Gasteiger partial charge is 0.410 e. The van der Waals surface area contributed by atoms with Crippen LogP contribution in [-0.4, -0.2) is 206 Å². The second-order valence-corrected chi connectivity index (χ2v) is 21.5. The number of carbonyl (C=O) groups is 5. The Hall–Kier alpha value is -5.45. The molecular formula is C59H106N6O15. The molecule has 21 nitrogen and oxygen atoms in total. The quantitative estimate of drug-likeness (QED) is 0.0532. The molecule has 0 spiro atoms. The zero-order valence-electron chi connectivity index (χ0n) is 51.7. The Morgan fingerprint density at radius 3 is 1.10 bits per heavy atom. The van der Waals surface area contributed by atoms with Crippen molar-refractivity contribution >= 4 is 30.5 Å². The third-order valence-electron chi connectivity index (χ3n) is 10.3. The van der Waals surface area contributed by atoms with E-state index < -0.39 is 22.9 Å². The molecule has 462 valence electrons. The maximum absolute atomic E-state index is 11.9. The zero-order chi connectivity index (χ0) is 60.7. The van der Waals surface area contributed by atoms with Crippen LogP contribution in [0.3, 0.4) is 0 Å². The lowest BCUT2D eigenvalue weighted by Crippen LogP contribution is -2.35. The fourth-order valence-electron chi connectivity index (χ4n) is 6.14. The molecule has 0 bridgehead atoms. The largest absolute Gasteiger partial charge is 0.445 e. The molecule has 0 radical (unpaired) electrons. The van der Waals surface area contributed by atoms with Gasteiger partial charge in [0.2, 0.25) is 0 Å². The van der Waals surface area contributed by atoms with E-state index >= 15 is 0 Å². The number of ether oxygens (including phenoxy) is 9. The van der Waals surface area contributed by atoms with Crippen LogP contribution in [-0.2, 0) is 55.8 Å². The molecular weight excluding hydrogens is 1030 g/mol. The molecule has 21 heteroatoms. The first kappa shape index (κ1) is 76.6. The molecule has 5 amide bonds. The average Bonchev–Trinajstić information content (AvgIpc) is 4.00. The fraction of sp³-hybridized carbons (Fsp3) is 0.712. The van der Waals surface area contributed by atoms with Gasteiger partial charge in [0.25, 0.3) is 0 Å². The van der Waals surface area contributed by atoms with E-state index in [1.807, 2.05) is 130 Å². The van der Waals surface area contributed by atoms with Gasteiger partial charge in [-0.25, -0.2) is 24.0 Å². The molecule has 1 saturated heterocycles. The molecule has 2 aromatic rings. The van der Waals surface area contributed by atoms with Crippen LogP contribution in [0.2, 0.25) is 0 Å². The highest BCUT2D eigenvalue weighted by Gasteiger charge is 2.21. The van der Waals surface area contributed by atoms with Crippen molar-refractivity contribution in [2.45, 2.75) is 144 Å². The van der Waals surface area contributed by atoms with Crippen LogP contribution in [0.25, 0.3) is 0 Å². The molecule has 1 heterocycles. The van der Waals surface area contributed by atoms with Crippen LogP contribution in [0.4, 0.5) is 24.0 Å². The van der Waals surface area contributed by atoms with Crippen molar-refractivity contribution in [2.24, 2.45) is 0 Å². The van der Waals surface area contributed by atoms with Gasteiger partial charge in [-0.15, -0.1) is 0 Å². The van der Waals surface area contributed by atoms with Crippen LogP contribution in [0.15, 0.2) is 60.7 Å². The Bertz CT molecular complexity index is 1840. The summed E-state index contributed by atoms with van der Waals surface area (Å²) in [5.41, 5.74) is 0.499. The Morgan fingerprint density at radius 2 is 0.787 bits per heavy atom. The van der Waals surface area contributed by atoms with Crippen molar-refractivity contribution < 1.29 is 71.7 Å². The van der Waals surface area contributed by atoms with Gasteiger partial charge in [-0.3, -0.25) is 0 Å². The van der Waals surface area contributed by atoms with Crippen LogP contribution in [0.5, 0.6) is 0 Å². The SMILES string of the molecule is C1CCOC1.CN(CCCOCCCN(C)C(=O)OC(C)(C)C)C(=O)OCc1ccccc1.CN(CCCOCCCNC(=O)OCc1ccccc1)C(=O)OC(C)(C)C.CNCCCOCCCN(C)C(=O)OC(C)(C)C.CO. The van der Waals surface area contributed by atoms with Gasteiger partial charge in [-0.2, -0.15) is 0 Å². The van der Waals surface area contributed by atoms with Gasteiger partial charge in [0, 0.05) is 121 Å². The maximum Gasteiger partial charge on any atom is 0.410 e. The van der Waals surface area contributed by atoms with E-state index in [4.69, 9.17) is 47.7 Å². The van der Waals surface area contributed by atoms with Crippen molar-refractivity contribution in [1.82, 2.24) is 30.2 Å². The predicted molar refractivity (Wildman–Crippen MR) is 313 cm³/mol. The number of alkyl carbamates (subject to hydrolysis) is 1. The highest BCUT2D eigenvalue weighted by Crippen LogP contribution is 2.12. The molecule has 3 rings (SSSR count). The standard InChI is InChI=1S/C21H34N2O5.C20H32N2O5.C13H28N2O3.C4H8O.CH4O/c1-21(2,3)28-20(25)23(5)14-10-16-26-15-9-13-22(4)19(24)27-17-18-11-7-6-8-12-18;1-20(2,3)27-19(24)22(4)13-9-15-25-14-8-12-21-18(23)26-16-17-10-6-5-7-11-17;1-13(2,3)18-12(16)15(5)9-7-11-17-10-6-8-14-4;1-2-4-5-3-1;1-2/h6-8,11-12H,9-10,13-17H2,1-5H3;5-7,10-11H,8-9,12-16H2,1-4H3,(H,21,23);14H,6-11H2,1-5H3;1-4H2;2H,1H3. The van der Waals surface area contributed by atoms with Gasteiger partial charge in [-0.1, -0.05) is 60.7 Å². The third-order valence-corrected chi connectivity index (χ3v) is 10.3. The van der Waals surface area contributed by atoms with E-state index in [0.717, 1.165) is 76.7 Å². The monoisotopic (exact) mass is 1140 g/mol. The first-order chi connectivity index (χ1) is 37.8. The summed E-state index contributed by atoms with van der Waals surface area (Å²) in [6.07, 6.45) is 5.55. The number of nitrogens with zero attached hydrogens (tertiary/aromatic N) is 4. The number of nitrogens with one attached hydrogen (secondary N) is 2. The third kappa shape index (κ3) is 49.6. The number of hydrogen-bond donors (Lipinski definition) is 3. The number of aliphatic hydroxyl groups is 1. The molecule has 1 aliphatic rings. The van der Waals surface area contributed by atoms with Gasteiger partial charge in [-0.05, 0) is 138 Å². The lowest BCUT2D eigenvalue weighted by Gasteiger charge is -2.24. The van der Waals surface area contributed by atoms with Crippen molar-refractivity contribution in [3.63, 3.8) is 0 Å². The minimum absolute atomic E-state index is 0.258. The number of rotatable bonds is 28. The van der Waals surface area contributed by atoms with Gasteiger partial charge >= 0.3 is 30.5 Å². The molecule has 2 aromatic carbocycles. The van der Waals surface area contributed by atoms with Gasteiger partial charge in [0.1, 0.15) is 30.0 Å². The van der Waals surface area contributed by atoms with Crippen LogP contribution >= 0.6 is 0 Å². The van der Waals surface area contributed by atoms with Crippen molar-refractivity contribution in [3.8, 4) is 0 Å². The van der Waals surface area contributed by atoms with E-state index in [1.165, 1.54) is 12.8 Å². The van der Waals surface area contributed by atoms with E-state index in [0.29, 0.717) is 72.2 Å². The van der Waals surface area contributed by atoms with E-state index in [9.17, 15) is 24.0 Å². The highest BCUT2D eigenvalue weighted by molar-refractivity contribution is 5.69. The van der Waals surface area contributed by atoms with Crippen molar-refractivity contribution in [3.05, 3.63) is 71.8 Å². The normalized spacial score (nSPS) is 11.7. The summed E-state index contributed by atoms with van der Waals surface area (Å²) in [6, 6.07) is 19.1. The lowest BCUT2D eigenvalue weighted by molar-refractivity contribution is 0.0268. The minimum atomic E-state index is -0.490. The van der Waals surface area contributed by atoms with Gasteiger partial charge in [0.05, 0.1) is 0 Å². The first-order valence-electron chi connectivity index (χ1n) is 27.9. The van der Waals surface area contributed by atoms with Crippen LogP contribution in [0, 0.1) is 0 Å². The topological polar surface area (TPSA) is 226 Å². The summed E-state index contributed by atoms with van der Waals surface area (Å²) < 4.78 is 47.7. The van der Waals surface area contributed by atoms with Gasteiger partial charge in [0.15, 0.2) is 0 Å². The Morgan fingerprint density at radius 1 is 0.475 bits per heavy atom. The number of amides is 5. The van der Waals surface area contributed by atoms with Crippen molar-refractivity contribution in [2.75, 3.05) is 134 Å². The highest BCUT2D eigenvalue weighted by atomic mass is 16.6. The molecule has 3 N–H and O–H groups in total. The second kappa shape index (κ2) is 47.2. The lowest BCUT2D eigenvalue weighted by atomic mass is 10.2. The predicted octanol–water partition coefficient (Wildman–Crippen LogP) is 9.77. The first-order valence-corrected chi connectivity index (χ1v) is 27.9. The average molecular weight is 1140 g/mol. The van der Waals surface area contributed by atoms with Crippen LogP contribution in [0.1, 0.15) is 125 Å². The number of aliphatic hydroxyl groups excluding tert-OH is 1. The Kier molecular flexibility index (Phi) is 45.2. The van der Waals surface area contributed by atoms with E-state index in [1.54, 1.807) is 47.8 Å². The van der Waals surface area contributed by atoms with Crippen LogP contribution < -0.4 is 10.6 Å². The summed E-state index contributed by atoms with van der Waals surface area (Å²) in [5.74, 6) is 0. The van der Waals surface area contributed by atoms with Gasteiger partial charge < -0.3 is 78.0 Å². The maximum atomic E-state index is 11.9. The van der Waals surface area contributed by atoms with E-state index in [2.05, 4.69) is 10.6 Å². The Balaban J connectivity index is 0. The van der Waals surface area contributed by atoms with E-state index in [-0.39, 0.29) is 37.6 Å². The number of hydrogen-bond acceptors (Lipinski definition) is 16. The second-order valence-electron chi connectivity index (χ2n) is 21.5. The molecule has 0 unspecified atom stereocenters. The summed E-state index contributed by atoms with van der Waals surface area (Å²) in [6.45, 7) is 26.6. The summed E-state index contributed by atoms with van der Waals surface area (Å²) in [5, 5.41) is 12.8. The summed E-state index contributed by atoms with van der Waals surface area (Å²) in [4.78, 5) is 64.9. The molecule has 0 atom stereocenters. The molecule has 80 heavy (non-hydrogen) atoms. The minimum Gasteiger partial charge on any atom is -0.445 e. The molecule has 0 saturated carbocycles. The molecule has 1 fully saturated rings. The number of carbonyl (C=O) groups excluding carboxylic acids is 5.